The first-order chi connectivity index (χ1) is 11.9. The van der Waals surface area contributed by atoms with E-state index in [1.165, 1.54) is 36.8 Å². The van der Waals surface area contributed by atoms with Crippen molar-refractivity contribution in [1.29, 1.82) is 0 Å². The van der Waals surface area contributed by atoms with Gasteiger partial charge in [0, 0.05) is 10.9 Å². The van der Waals surface area contributed by atoms with Gasteiger partial charge in [-0.15, -0.1) is 11.3 Å². The maximum Gasteiger partial charge on any atom is 0.280 e. The Bertz CT molecular complexity index is 1000. The lowest BCUT2D eigenvalue weighted by Gasteiger charge is -2.08. The summed E-state index contributed by atoms with van der Waals surface area (Å²) in [5, 5.41) is 2.07. The molecule has 1 aromatic heterocycles. The molecule has 0 saturated heterocycles. The second-order valence-corrected chi connectivity index (χ2v) is 7.85. The van der Waals surface area contributed by atoms with Crippen molar-refractivity contribution in [2.24, 2.45) is 0 Å². The topological polar surface area (TPSA) is 68.3 Å². The third-order valence-electron chi connectivity index (χ3n) is 3.25. The summed E-state index contributed by atoms with van der Waals surface area (Å²) in [6.07, 6.45) is 0. The van der Waals surface area contributed by atoms with Gasteiger partial charge in [0.15, 0.2) is 5.03 Å². The number of halogens is 2. The summed E-state index contributed by atoms with van der Waals surface area (Å²) >= 11 is 7.15. The van der Waals surface area contributed by atoms with E-state index >= 15 is 0 Å². The van der Waals surface area contributed by atoms with Crippen LogP contribution in [0.5, 0.6) is 5.75 Å². The van der Waals surface area contributed by atoms with Gasteiger partial charge in [-0.3, -0.25) is 4.72 Å². The van der Waals surface area contributed by atoms with Crippen molar-refractivity contribution >= 4 is 38.6 Å². The third-order valence-corrected chi connectivity index (χ3v) is 5.85. The van der Waals surface area contributed by atoms with E-state index in [1.807, 2.05) is 0 Å². The summed E-state index contributed by atoms with van der Waals surface area (Å²) in [4.78, 5) is 4.12. The molecule has 130 valence electrons. The fourth-order valence-corrected chi connectivity index (χ4v) is 4.45. The molecule has 9 heteroatoms. The molecule has 0 aliphatic heterocycles. The van der Waals surface area contributed by atoms with Crippen LogP contribution in [-0.2, 0) is 10.0 Å². The molecular formula is C16H12ClFN2O3S2. The number of thiazole rings is 1. The van der Waals surface area contributed by atoms with Gasteiger partial charge in [0.25, 0.3) is 10.0 Å². The summed E-state index contributed by atoms with van der Waals surface area (Å²) in [5.74, 6) is 0.0723. The smallest absolute Gasteiger partial charge is 0.280 e. The number of rotatable bonds is 5. The zero-order valence-electron chi connectivity index (χ0n) is 12.9. The van der Waals surface area contributed by atoms with Crippen LogP contribution in [0.2, 0.25) is 5.02 Å². The summed E-state index contributed by atoms with van der Waals surface area (Å²) in [7, 11) is -2.40. The van der Waals surface area contributed by atoms with Crippen LogP contribution >= 0.6 is 22.9 Å². The number of nitrogens with one attached hydrogen (secondary N) is 1. The van der Waals surface area contributed by atoms with Crippen LogP contribution in [0.15, 0.2) is 52.9 Å². The highest BCUT2D eigenvalue weighted by atomic mass is 35.5. The molecule has 0 bridgehead atoms. The number of anilines is 1. The SMILES string of the molecule is COc1ccc(NS(=O)(=O)c2csc(-c3ccc(F)cc3)n2)cc1Cl. The molecule has 0 aliphatic carbocycles. The van der Waals surface area contributed by atoms with Gasteiger partial charge in [0.2, 0.25) is 0 Å². The molecular weight excluding hydrogens is 387 g/mol. The molecule has 5 nitrogen and oxygen atoms in total. The molecule has 0 fully saturated rings. The lowest BCUT2D eigenvalue weighted by atomic mass is 10.2. The van der Waals surface area contributed by atoms with Gasteiger partial charge >= 0.3 is 0 Å². The second-order valence-electron chi connectivity index (χ2n) is 4.95. The van der Waals surface area contributed by atoms with E-state index in [-0.39, 0.29) is 15.9 Å². The highest BCUT2D eigenvalue weighted by Gasteiger charge is 2.19. The monoisotopic (exact) mass is 398 g/mol. The fourth-order valence-electron chi connectivity index (χ4n) is 2.04. The van der Waals surface area contributed by atoms with Gasteiger partial charge in [-0.1, -0.05) is 11.6 Å². The van der Waals surface area contributed by atoms with E-state index < -0.39 is 10.0 Å². The first-order valence-corrected chi connectivity index (χ1v) is 9.71. The minimum Gasteiger partial charge on any atom is -0.495 e. The second kappa shape index (κ2) is 6.99. The molecule has 0 atom stereocenters. The molecule has 0 radical (unpaired) electrons. The Morgan fingerprint density at radius 1 is 1.20 bits per heavy atom. The Hall–Kier alpha value is -2.16. The van der Waals surface area contributed by atoms with E-state index in [0.29, 0.717) is 22.0 Å². The number of hydrogen-bond donors (Lipinski definition) is 1. The van der Waals surface area contributed by atoms with Crippen LogP contribution in [0.3, 0.4) is 0 Å². The molecule has 3 rings (SSSR count). The Labute approximate surface area is 153 Å². The lowest BCUT2D eigenvalue weighted by Crippen LogP contribution is -2.13. The first kappa shape index (κ1) is 17.7. The lowest BCUT2D eigenvalue weighted by molar-refractivity contribution is 0.415. The maximum atomic E-state index is 13.0. The zero-order valence-corrected chi connectivity index (χ0v) is 15.3. The van der Waals surface area contributed by atoms with Gasteiger partial charge in [0.1, 0.15) is 16.6 Å². The number of nitrogens with zero attached hydrogens (tertiary/aromatic N) is 1. The molecule has 0 saturated carbocycles. The largest absolute Gasteiger partial charge is 0.495 e. The number of hydrogen-bond acceptors (Lipinski definition) is 5. The molecule has 0 aliphatic rings. The van der Waals surface area contributed by atoms with E-state index in [4.69, 9.17) is 16.3 Å². The number of sulfonamides is 1. The summed E-state index contributed by atoms with van der Waals surface area (Å²) in [5.41, 5.74) is 0.933. The standard InChI is InChI=1S/C16H12ClFN2O3S2/c1-23-14-7-6-12(8-13(14)17)20-25(21,22)15-9-24-16(19-15)10-2-4-11(18)5-3-10/h2-9,20H,1H3. The van der Waals surface area contributed by atoms with E-state index in [0.717, 1.165) is 11.3 Å². The van der Waals surface area contributed by atoms with E-state index in [2.05, 4.69) is 9.71 Å². The van der Waals surface area contributed by atoms with Crippen LogP contribution in [0.25, 0.3) is 10.6 Å². The molecule has 2 aromatic carbocycles. The Kier molecular flexibility index (Phi) is 4.94. The van der Waals surface area contributed by atoms with Crippen LogP contribution in [0, 0.1) is 5.82 Å². The highest BCUT2D eigenvalue weighted by molar-refractivity contribution is 7.92. The summed E-state index contributed by atoms with van der Waals surface area (Å²) in [6, 6.07) is 10.2. The average Bonchev–Trinajstić information content (AvgIpc) is 3.06. The fraction of sp³-hybridized carbons (Fsp3) is 0.0625. The van der Waals surface area contributed by atoms with Crippen LogP contribution in [0.1, 0.15) is 0 Å². The number of aromatic nitrogens is 1. The minimum atomic E-state index is -3.87. The third kappa shape index (κ3) is 3.92. The molecule has 0 unspecified atom stereocenters. The van der Waals surface area contributed by atoms with Crippen molar-refractivity contribution in [3.63, 3.8) is 0 Å². The van der Waals surface area contributed by atoms with Gasteiger partial charge < -0.3 is 4.74 Å². The zero-order chi connectivity index (χ0) is 18.0. The molecule has 1 N–H and O–H groups in total. The van der Waals surface area contributed by atoms with Gasteiger partial charge in [-0.25, -0.2) is 9.37 Å². The average molecular weight is 399 g/mol. The summed E-state index contributed by atoms with van der Waals surface area (Å²) in [6.45, 7) is 0. The Morgan fingerprint density at radius 3 is 2.56 bits per heavy atom. The number of ether oxygens (including phenoxy) is 1. The molecule has 0 spiro atoms. The predicted molar refractivity (Wildman–Crippen MR) is 96.3 cm³/mol. The van der Waals surface area contributed by atoms with Crippen LogP contribution in [-0.4, -0.2) is 20.5 Å². The quantitative estimate of drug-likeness (QED) is 0.691. The van der Waals surface area contributed by atoms with Crippen molar-refractivity contribution in [2.75, 3.05) is 11.8 Å². The van der Waals surface area contributed by atoms with Gasteiger partial charge in [0.05, 0.1) is 17.8 Å². The van der Waals surface area contributed by atoms with Crippen molar-refractivity contribution in [1.82, 2.24) is 4.98 Å². The van der Waals surface area contributed by atoms with Crippen molar-refractivity contribution in [3.05, 3.63) is 58.7 Å². The van der Waals surface area contributed by atoms with E-state index in [1.54, 1.807) is 18.2 Å². The predicted octanol–water partition coefficient (Wildman–Crippen LogP) is 4.41. The minimum absolute atomic E-state index is 0.122. The highest BCUT2D eigenvalue weighted by Crippen LogP contribution is 2.30. The normalized spacial score (nSPS) is 11.3. The summed E-state index contributed by atoms with van der Waals surface area (Å²) < 4.78 is 45.4. The van der Waals surface area contributed by atoms with Gasteiger partial charge in [-0.05, 0) is 42.5 Å². The first-order valence-electron chi connectivity index (χ1n) is 6.97. The van der Waals surface area contributed by atoms with Crippen molar-refractivity contribution in [2.45, 2.75) is 5.03 Å². The van der Waals surface area contributed by atoms with E-state index in [9.17, 15) is 12.8 Å². The van der Waals surface area contributed by atoms with Gasteiger partial charge in [-0.2, -0.15) is 8.42 Å². The maximum absolute atomic E-state index is 13.0. The number of benzene rings is 2. The molecule has 3 aromatic rings. The molecule has 0 amide bonds. The van der Waals surface area contributed by atoms with Crippen molar-refractivity contribution in [3.8, 4) is 16.3 Å². The van der Waals surface area contributed by atoms with Crippen molar-refractivity contribution < 1.29 is 17.5 Å². The molecule has 1 heterocycles. The molecule has 25 heavy (non-hydrogen) atoms. The van der Waals surface area contributed by atoms with Crippen LogP contribution < -0.4 is 9.46 Å². The number of methoxy groups -OCH3 is 1. The Balaban J connectivity index is 1.85. The van der Waals surface area contributed by atoms with Crippen LogP contribution in [0.4, 0.5) is 10.1 Å². The Morgan fingerprint density at radius 2 is 1.92 bits per heavy atom.